The highest BCUT2D eigenvalue weighted by molar-refractivity contribution is 5.96. The molecular weight excluding hydrogens is 349 g/mol. The van der Waals surface area contributed by atoms with Gasteiger partial charge in [0.25, 0.3) is 0 Å². The van der Waals surface area contributed by atoms with Crippen molar-refractivity contribution in [3.63, 3.8) is 0 Å². The molecule has 130 valence electrons. The Morgan fingerprint density at radius 1 is 1.42 bits per heavy atom. The first-order valence-electron chi connectivity index (χ1n) is 6.90. The van der Waals surface area contributed by atoms with E-state index in [0.717, 1.165) is 5.57 Å². The summed E-state index contributed by atoms with van der Waals surface area (Å²) in [6.45, 7) is 1.20. The van der Waals surface area contributed by atoms with Crippen LogP contribution in [-0.2, 0) is 13.2 Å². The molecule has 0 spiro atoms. The van der Waals surface area contributed by atoms with Crippen LogP contribution in [0.1, 0.15) is 17.5 Å². The Hall–Kier alpha value is -2.13. The van der Waals surface area contributed by atoms with Gasteiger partial charge in [-0.05, 0) is 18.5 Å². The summed E-state index contributed by atoms with van der Waals surface area (Å²) in [6.07, 6.45) is -0.261. The van der Waals surface area contributed by atoms with Crippen LogP contribution in [0.15, 0.2) is 18.5 Å². The predicted octanol–water partition coefficient (Wildman–Crippen LogP) is 3.30. The number of halogens is 4. The van der Waals surface area contributed by atoms with Gasteiger partial charge in [0.1, 0.15) is 17.4 Å². The smallest absolute Gasteiger partial charge is 0.335 e. The van der Waals surface area contributed by atoms with Gasteiger partial charge in [-0.1, -0.05) is 6.08 Å². The SMILES string of the molecule is Cl.Cn1cc(C2=CCNCC2)c2c(C(F)(F)F)c([N+](=O)[O-])cnc21. The average molecular weight is 363 g/mol. The van der Waals surface area contributed by atoms with Crippen molar-refractivity contribution in [3.05, 3.63) is 39.7 Å². The van der Waals surface area contributed by atoms with E-state index in [-0.39, 0.29) is 23.4 Å². The molecule has 0 radical (unpaired) electrons. The van der Waals surface area contributed by atoms with Crippen LogP contribution < -0.4 is 5.32 Å². The van der Waals surface area contributed by atoms with E-state index in [1.54, 1.807) is 19.3 Å². The Labute approximate surface area is 140 Å². The van der Waals surface area contributed by atoms with Gasteiger partial charge in [0.2, 0.25) is 0 Å². The van der Waals surface area contributed by atoms with Crippen molar-refractivity contribution in [3.8, 4) is 0 Å². The summed E-state index contributed by atoms with van der Waals surface area (Å²) in [5.74, 6) is 0. The maximum atomic E-state index is 13.5. The van der Waals surface area contributed by atoms with E-state index in [2.05, 4.69) is 10.3 Å². The second kappa shape index (κ2) is 6.40. The zero-order chi connectivity index (χ0) is 16.8. The molecular formula is C14H14ClF3N4O2. The van der Waals surface area contributed by atoms with E-state index < -0.39 is 22.4 Å². The molecule has 3 heterocycles. The topological polar surface area (TPSA) is 73.0 Å². The van der Waals surface area contributed by atoms with Crippen LogP contribution in [0.3, 0.4) is 0 Å². The van der Waals surface area contributed by atoms with Crippen molar-refractivity contribution >= 4 is 34.7 Å². The van der Waals surface area contributed by atoms with Crippen LogP contribution in [0.4, 0.5) is 18.9 Å². The van der Waals surface area contributed by atoms with Crippen molar-refractivity contribution in [2.75, 3.05) is 13.1 Å². The summed E-state index contributed by atoms with van der Waals surface area (Å²) in [4.78, 5) is 13.9. The molecule has 2 aromatic rings. The molecule has 24 heavy (non-hydrogen) atoms. The molecule has 0 unspecified atom stereocenters. The Kier molecular flexibility index (Phi) is 4.86. The molecule has 1 N–H and O–H groups in total. The second-order valence-electron chi connectivity index (χ2n) is 5.31. The van der Waals surface area contributed by atoms with Crippen LogP contribution in [0.5, 0.6) is 0 Å². The van der Waals surface area contributed by atoms with E-state index in [0.29, 0.717) is 31.3 Å². The number of hydrogen-bond acceptors (Lipinski definition) is 4. The van der Waals surface area contributed by atoms with E-state index >= 15 is 0 Å². The summed E-state index contributed by atoms with van der Waals surface area (Å²) in [7, 11) is 1.58. The van der Waals surface area contributed by atoms with E-state index in [1.165, 1.54) is 4.57 Å². The Morgan fingerprint density at radius 3 is 2.67 bits per heavy atom. The van der Waals surface area contributed by atoms with Gasteiger partial charge in [-0.3, -0.25) is 10.1 Å². The number of aryl methyl sites for hydroxylation is 1. The van der Waals surface area contributed by atoms with Crippen molar-refractivity contribution in [1.82, 2.24) is 14.9 Å². The fraction of sp³-hybridized carbons (Fsp3) is 0.357. The zero-order valence-corrected chi connectivity index (χ0v) is 13.4. The summed E-state index contributed by atoms with van der Waals surface area (Å²) in [5.41, 5.74) is -1.08. The van der Waals surface area contributed by atoms with E-state index in [1.807, 2.05) is 0 Å². The average Bonchev–Trinajstić information content (AvgIpc) is 2.83. The molecule has 0 aliphatic carbocycles. The molecule has 1 aliphatic heterocycles. The number of aromatic nitrogens is 2. The third kappa shape index (κ3) is 2.96. The number of alkyl halides is 3. The van der Waals surface area contributed by atoms with Crippen LogP contribution >= 0.6 is 12.4 Å². The molecule has 6 nitrogen and oxygen atoms in total. The van der Waals surface area contributed by atoms with E-state index in [4.69, 9.17) is 0 Å². The van der Waals surface area contributed by atoms with Crippen molar-refractivity contribution in [2.45, 2.75) is 12.6 Å². The minimum absolute atomic E-state index is 0. The molecule has 0 saturated heterocycles. The molecule has 1 aliphatic rings. The minimum Gasteiger partial charge on any atom is -0.335 e. The van der Waals surface area contributed by atoms with Gasteiger partial charge in [-0.15, -0.1) is 12.4 Å². The largest absolute Gasteiger partial charge is 0.423 e. The molecule has 2 aromatic heterocycles. The van der Waals surface area contributed by atoms with Crippen LogP contribution in [0, 0.1) is 10.1 Å². The lowest BCUT2D eigenvalue weighted by molar-refractivity contribution is -0.388. The molecule has 0 aromatic carbocycles. The standard InChI is InChI=1S/C14H13F3N4O2.ClH/c1-20-7-9(8-2-4-18-5-3-8)11-12(14(15,16)17)10(21(22)23)6-19-13(11)20;/h2,6-7,18H,3-5H2,1H3;1H. The number of nitro groups is 1. The molecule has 3 rings (SSSR count). The summed E-state index contributed by atoms with van der Waals surface area (Å²) in [5, 5.41) is 13.9. The van der Waals surface area contributed by atoms with Gasteiger partial charge in [-0.2, -0.15) is 13.2 Å². The number of rotatable bonds is 2. The van der Waals surface area contributed by atoms with Gasteiger partial charge in [0, 0.05) is 30.7 Å². The Balaban J connectivity index is 0.00000208. The van der Waals surface area contributed by atoms with Crippen LogP contribution in [0.2, 0.25) is 0 Å². The van der Waals surface area contributed by atoms with Crippen molar-refractivity contribution < 1.29 is 18.1 Å². The Morgan fingerprint density at radius 2 is 2.12 bits per heavy atom. The maximum Gasteiger partial charge on any atom is 0.423 e. The van der Waals surface area contributed by atoms with Crippen LogP contribution in [0.25, 0.3) is 16.6 Å². The predicted molar refractivity (Wildman–Crippen MR) is 85.1 cm³/mol. The first-order chi connectivity index (χ1) is 10.8. The highest BCUT2D eigenvalue weighted by Gasteiger charge is 2.42. The minimum atomic E-state index is -4.84. The van der Waals surface area contributed by atoms with Crippen molar-refractivity contribution in [1.29, 1.82) is 0 Å². The third-order valence-electron chi connectivity index (χ3n) is 3.86. The molecule has 0 saturated carbocycles. The Bertz CT molecular complexity index is 830. The summed E-state index contributed by atoms with van der Waals surface area (Å²) < 4.78 is 42.0. The maximum absolute atomic E-state index is 13.5. The number of nitrogens with zero attached hydrogens (tertiary/aromatic N) is 3. The van der Waals surface area contributed by atoms with Gasteiger partial charge < -0.3 is 9.88 Å². The lowest BCUT2D eigenvalue weighted by Gasteiger charge is -2.15. The normalized spacial score (nSPS) is 15.1. The summed E-state index contributed by atoms with van der Waals surface area (Å²) in [6, 6.07) is 0. The summed E-state index contributed by atoms with van der Waals surface area (Å²) >= 11 is 0. The first kappa shape index (κ1) is 18.2. The molecule has 0 atom stereocenters. The lowest BCUT2D eigenvalue weighted by Crippen LogP contribution is -2.20. The van der Waals surface area contributed by atoms with Gasteiger partial charge in [0.15, 0.2) is 0 Å². The fourth-order valence-corrected chi connectivity index (χ4v) is 2.87. The highest BCUT2D eigenvalue weighted by Crippen LogP contribution is 2.43. The molecule has 0 fully saturated rings. The fourth-order valence-electron chi connectivity index (χ4n) is 2.87. The van der Waals surface area contributed by atoms with Crippen molar-refractivity contribution in [2.24, 2.45) is 7.05 Å². The number of fused-ring (bicyclic) bond motifs is 1. The second-order valence-corrected chi connectivity index (χ2v) is 5.31. The quantitative estimate of drug-likeness (QED) is 0.657. The van der Waals surface area contributed by atoms with Gasteiger partial charge in [-0.25, -0.2) is 4.98 Å². The van der Waals surface area contributed by atoms with Gasteiger partial charge in [0.05, 0.1) is 4.92 Å². The monoisotopic (exact) mass is 362 g/mol. The third-order valence-corrected chi connectivity index (χ3v) is 3.86. The number of pyridine rings is 1. The zero-order valence-electron chi connectivity index (χ0n) is 12.6. The van der Waals surface area contributed by atoms with Crippen LogP contribution in [-0.4, -0.2) is 27.6 Å². The molecule has 0 bridgehead atoms. The van der Waals surface area contributed by atoms with E-state index in [9.17, 15) is 23.3 Å². The number of hydrogen-bond donors (Lipinski definition) is 1. The lowest BCUT2D eigenvalue weighted by atomic mass is 9.97. The van der Waals surface area contributed by atoms with Gasteiger partial charge >= 0.3 is 11.9 Å². The molecule has 0 amide bonds. The highest BCUT2D eigenvalue weighted by atomic mass is 35.5. The number of nitrogens with one attached hydrogen (secondary N) is 1. The molecule has 10 heteroatoms. The first-order valence-corrected chi connectivity index (χ1v) is 6.90.